The number of hydrogen-bond donors (Lipinski definition) is 1. The minimum Gasteiger partial charge on any atom is -0.412 e. The zero-order chi connectivity index (χ0) is 16.0. The van der Waals surface area contributed by atoms with Gasteiger partial charge < -0.3 is 10.6 Å². The molecular formula is C18H19ClN4O2. The Morgan fingerprint density at radius 2 is 1.80 bits per heavy atom. The Morgan fingerprint density at radius 1 is 1.08 bits per heavy atom. The Balaban J connectivity index is 0.00000113. The van der Waals surface area contributed by atoms with Gasteiger partial charge in [-0.2, -0.15) is 0 Å². The fourth-order valence-electron chi connectivity index (χ4n) is 2.81. The van der Waals surface area contributed by atoms with Crippen LogP contribution in [0.1, 0.15) is 36.4 Å². The van der Waals surface area contributed by atoms with Crippen LogP contribution in [-0.4, -0.2) is 31.1 Å². The summed E-state index contributed by atoms with van der Waals surface area (Å²) in [6.45, 7) is 1.84. The number of hydrogen-bond acceptors (Lipinski definition) is 4. The maximum atomic E-state index is 10.5. The smallest absolute Gasteiger partial charge is 0.207 e. The van der Waals surface area contributed by atoms with Gasteiger partial charge in [-0.15, -0.1) is 10.2 Å². The molecule has 1 aliphatic heterocycles. The molecule has 0 saturated carbocycles. The van der Waals surface area contributed by atoms with E-state index in [9.17, 15) is 5.11 Å². The average molecular weight is 359 g/mol. The predicted octanol–water partition coefficient (Wildman–Crippen LogP) is 2.88. The lowest BCUT2D eigenvalue weighted by atomic mass is 10.0. The Hall–Kier alpha value is -2.54. The molecule has 7 heteroatoms. The van der Waals surface area contributed by atoms with Crippen LogP contribution in [0.2, 0.25) is 5.02 Å². The molecule has 0 bridgehead atoms. The summed E-state index contributed by atoms with van der Waals surface area (Å²) in [5, 5.41) is 19.2. The topological polar surface area (TPSA) is 94.8 Å². The van der Waals surface area contributed by atoms with E-state index in [-0.39, 0.29) is 12.9 Å². The van der Waals surface area contributed by atoms with Crippen molar-refractivity contribution in [3.8, 4) is 5.69 Å². The lowest BCUT2D eigenvalue weighted by molar-refractivity contribution is 0.177. The van der Waals surface area contributed by atoms with Gasteiger partial charge in [0.15, 0.2) is 5.82 Å². The highest BCUT2D eigenvalue weighted by atomic mass is 35.5. The van der Waals surface area contributed by atoms with Crippen LogP contribution in [0.4, 0.5) is 0 Å². The number of aryl methyl sites for hydroxylation is 1. The predicted molar refractivity (Wildman–Crippen MR) is 98.5 cm³/mol. The summed E-state index contributed by atoms with van der Waals surface area (Å²) in [6.07, 6.45) is -1.09. The van der Waals surface area contributed by atoms with E-state index in [1.807, 2.05) is 60.0 Å². The molecule has 1 unspecified atom stereocenters. The van der Waals surface area contributed by atoms with Gasteiger partial charge in [-0.25, -0.2) is 4.99 Å². The van der Waals surface area contributed by atoms with E-state index in [2.05, 4.69) is 15.2 Å². The van der Waals surface area contributed by atoms with E-state index >= 15 is 0 Å². The summed E-state index contributed by atoms with van der Waals surface area (Å²) in [6, 6.07) is 15.3. The number of benzene rings is 2. The molecule has 3 N–H and O–H groups in total. The van der Waals surface area contributed by atoms with Crippen molar-refractivity contribution >= 4 is 17.3 Å². The minimum atomic E-state index is -1.09. The van der Waals surface area contributed by atoms with Crippen LogP contribution in [-0.2, 0) is 0 Å². The van der Waals surface area contributed by atoms with E-state index in [0.717, 1.165) is 16.8 Å². The van der Waals surface area contributed by atoms with Crippen molar-refractivity contribution in [1.29, 1.82) is 0 Å². The number of aliphatic imine (C=N–C) groups is 1. The van der Waals surface area contributed by atoms with Gasteiger partial charge in [-0.3, -0.25) is 4.57 Å². The van der Waals surface area contributed by atoms with Crippen molar-refractivity contribution in [3.63, 3.8) is 0 Å². The largest absolute Gasteiger partial charge is 0.412 e. The summed E-state index contributed by atoms with van der Waals surface area (Å²) < 4.78 is 1.82. The first kappa shape index (κ1) is 18.8. The summed E-state index contributed by atoms with van der Waals surface area (Å²) >= 11 is 6.20. The van der Waals surface area contributed by atoms with Gasteiger partial charge in [-0.05, 0) is 25.1 Å². The summed E-state index contributed by atoms with van der Waals surface area (Å²) in [4.78, 5) is 4.47. The van der Waals surface area contributed by atoms with Crippen molar-refractivity contribution in [2.75, 3.05) is 0 Å². The van der Waals surface area contributed by atoms with E-state index in [1.54, 1.807) is 0 Å². The van der Waals surface area contributed by atoms with Gasteiger partial charge in [0.2, 0.25) is 6.23 Å². The van der Waals surface area contributed by atoms with Gasteiger partial charge in [0.05, 0.1) is 11.4 Å². The minimum absolute atomic E-state index is 0. The van der Waals surface area contributed by atoms with E-state index in [4.69, 9.17) is 11.6 Å². The zero-order valence-electron chi connectivity index (χ0n) is 12.8. The maximum absolute atomic E-state index is 10.5. The number of aliphatic hydroxyl groups excluding tert-OH is 1. The van der Waals surface area contributed by atoms with Gasteiger partial charge in [-0.1, -0.05) is 49.4 Å². The quantitative estimate of drug-likeness (QED) is 0.724. The normalized spacial score (nSPS) is 15.0. The van der Waals surface area contributed by atoms with Crippen LogP contribution >= 0.6 is 11.6 Å². The van der Waals surface area contributed by atoms with Gasteiger partial charge in [0.1, 0.15) is 5.82 Å². The number of fused-ring (bicyclic) bond motifs is 3. The Labute approximate surface area is 150 Å². The van der Waals surface area contributed by atoms with Gasteiger partial charge >= 0.3 is 0 Å². The molecule has 0 aliphatic carbocycles. The van der Waals surface area contributed by atoms with Crippen molar-refractivity contribution in [3.05, 3.63) is 76.3 Å². The molecular weight excluding hydrogens is 340 g/mol. The highest BCUT2D eigenvalue weighted by Gasteiger charge is 2.26. The van der Waals surface area contributed by atoms with Crippen molar-refractivity contribution in [1.82, 2.24) is 14.8 Å². The standard InChI is InChI=1S/C17H13ClN4O.CH4.H2O/c1-10-20-21-16-17(23)19-15(11-5-3-2-4-6-11)13-9-12(18)7-8-14(13)22(10)16;;/h2-9,17,23H,1H3;1H4;1H2. The first-order valence-electron chi connectivity index (χ1n) is 7.18. The van der Waals surface area contributed by atoms with E-state index in [1.165, 1.54) is 0 Å². The molecule has 1 aliphatic rings. The Kier molecular flexibility index (Phi) is 5.37. The Morgan fingerprint density at radius 3 is 2.52 bits per heavy atom. The molecule has 0 spiro atoms. The summed E-state index contributed by atoms with van der Waals surface area (Å²) in [7, 11) is 0. The van der Waals surface area contributed by atoms with Crippen LogP contribution in [0.5, 0.6) is 0 Å². The van der Waals surface area contributed by atoms with Crippen molar-refractivity contribution < 1.29 is 10.6 Å². The molecule has 1 atom stereocenters. The third-order valence-corrected chi connectivity index (χ3v) is 4.07. The number of aliphatic hydroxyl groups is 1. The van der Waals surface area contributed by atoms with E-state index in [0.29, 0.717) is 22.4 Å². The lowest BCUT2D eigenvalue weighted by Crippen LogP contribution is -2.08. The van der Waals surface area contributed by atoms with Crippen LogP contribution in [0, 0.1) is 6.92 Å². The van der Waals surface area contributed by atoms with Crippen molar-refractivity contribution in [2.45, 2.75) is 20.6 Å². The van der Waals surface area contributed by atoms with Crippen LogP contribution in [0.25, 0.3) is 5.69 Å². The van der Waals surface area contributed by atoms with Gasteiger partial charge in [0.25, 0.3) is 0 Å². The molecule has 3 aromatic rings. The highest BCUT2D eigenvalue weighted by Crippen LogP contribution is 2.31. The maximum Gasteiger partial charge on any atom is 0.207 e. The van der Waals surface area contributed by atoms with E-state index < -0.39 is 6.23 Å². The van der Waals surface area contributed by atoms with Crippen LogP contribution in [0.15, 0.2) is 53.5 Å². The third kappa shape index (κ3) is 3.07. The highest BCUT2D eigenvalue weighted by molar-refractivity contribution is 6.31. The summed E-state index contributed by atoms with van der Waals surface area (Å²) in [5.41, 5.74) is 3.28. The second-order valence-electron chi connectivity index (χ2n) is 5.32. The molecule has 2 aromatic carbocycles. The monoisotopic (exact) mass is 358 g/mol. The lowest BCUT2D eigenvalue weighted by Gasteiger charge is -2.12. The number of rotatable bonds is 1. The molecule has 130 valence electrons. The van der Waals surface area contributed by atoms with Crippen LogP contribution in [0.3, 0.4) is 0 Å². The molecule has 1 aromatic heterocycles. The zero-order valence-corrected chi connectivity index (χ0v) is 13.6. The SMILES string of the molecule is C.Cc1nnc2n1-c1ccc(Cl)cc1C(c1ccccc1)=NC2O.O. The van der Waals surface area contributed by atoms with Crippen LogP contribution < -0.4 is 0 Å². The fourth-order valence-corrected chi connectivity index (χ4v) is 2.98. The number of halogens is 1. The third-order valence-electron chi connectivity index (χ3n) is 3.83. The fraction of sp³-hybridized carbons (Fsp3) is 0.167. The molecule has 0 saturated heterocycles. The Bertz CT molecular complexity index is 922. The molecule has 25 heavy (non-hydrogen) atoms. The van der Waals surface area contributed by atoms with Crippen molar-refractivity contribution in [2.24, 2.45) is 4.99 Å². The molecule has 0 radical (unpaired) electrons. The number of nitrogens with zero attached hydrogens (tertiary/aromatic N) is 4. The summed E-state index contributed by atoms with van der Waals surface area (Å²) in [5.74, 6) is 1.09. The number of aromatic nitrogens is 3. The van der Waals surface area contributed by atoms with Gasteiger partial charge in [0, 0.05) is 16.1 Å². The second kappa shape index (κ2) is 7.14. The molecule has 2 heterocycles. The molecule has 4 rings (SSSR count). The average Bonchev–Trinajstić information content (AvgIpc) is 2.89. The second-order valence-corrected chi connectivity index (χ2v) is 5.76. The molecule has 0 fully saturated rings. The first-order chi connectivity index (χ1) is 11.1. The first-order valence-corrected chi connectivity index (χ1v) is 7.56. The molecule has 0 amide bonds. The molecule has 6 nitrogen and oxygen atoms in total.